The number of thioether (sulfide) groups is 2. The highest BCUT2D eigenvalue weighted by Gasteiger charge is 1.92. The molecule has 2 N–H and O–H groups in total. The first-order valence-corrected chi connectivity index (χ1v) is 4.20. The molecule has 0 radical (unpaired) electrons. The van der Waals surface area contributed by atoms with E-state index < -0.39 is 0 Å². The minimum atomic E-state index is -0.00810. The molecule has 0 aliphatic rings. The van der Waals surface area contributed by atoms with Gasteiger partial charge in [0.1, 0.15) is 3.53 Å². The van der Waals surface area contributed by atoms with Crippen LogP contribution in [0.2, 0.25) is 0 Å². The van der Waals surface area contributed by atoms with Crippen LogP contribution in [0.15, 0.2) is 0 Å². The topological polar surface area (TPSA) is 40.5 Å². The summed E-state index contributed by atoms with van der Waals surface area (Å²) < 4.78 is 0.579. The van der Waals surface area contributed by atoms with Gasteiger partial charge in [0.25, 0.3) is 0 Å². The van der Waals surface area contributed by atoms with Crippen molar-refractivity contribution in [1.29, 1.82) is 0 Å². The number of hydrogen-bond acceptors (Lipinski definition) is 5. The predicted molar refractivity (Wildman–Crippen MR) is 42.0 cm³/mol. The minimum absolute atomic E-state index is 0.00810. The zero-order valence-electron chi connectivity index (χ0n) is 4.03. The van der Waals surface area contributed by atoms with Crippen LogP contribution in [-0.2, 0) is 0 Å². The molecule has 0 fully saturated rings. The molecule has 0 aliphatic heterocycles. The van der Waals surface area contributed by atoms with E-state index in [1.165, 1.54) is 0 Å². The highest BCUT2D eigenvalue weighted by Crippen LogP contribution is 2.14. The van der Waals surface area contributed by atoms with E-state index in [-0.39, 0.29) is 11.9 Å². The molecule has 0 aromatic rings. The van der Waals surface area contributed by atoms with Crippen LogP contribution in [0.4, 0.5) is 0 Å². The third-order valence-electron chi connectivity index (χ3n) is 0.365. The van der Waals surface area contributed by atoms with E-state index in [2.05, 4.69) is 12.2 Å². The maximum absolute atomic E-state index is 8.24. The summed E-state index contributed by atoms with van der Waals surface area (Å²) in [5.41, 5.74) is 0. The predicted octanol–water partition coefficient (Wildman–Crippen LogP) is 0.637. The molecular weight excluding hydrogens is 164 g/mol. The molecular formula is C3H6O2S3. The summed E-state index contributed by atoms with van der Waals surface area (Å²) in [4.78, 5) is 0. The third-order valence-corrected chi connectivity index (χ3v) is 2.51. The van der Waals surface area contributed by atoms with E-state index in [9.17, 15) is 0 Å². The van der Waals surface area contributed by atoms with Gasteiger partial charge in [0.05, 0.1) is 11.9 Å². The quantitative estimate of drug-likeness (QED) is 0.470. The van der Waals surface area contributed by atoms with E-state index in [1.807, 2.05) is 0 Å². The van der Waals surface area contributed by atoms with E-state index >= 15 is 0 Å². The van der Waals surface area contributed by atoms with Crippen molar-refractivity contribution in [3.63, 3.8) is 0 Å². The van der Waals surface area contributed by atoms with Crippen LogP contribution in [-0.4, -0.2) is 25.6 Å². The van der Waals surface area contributed by atoms with E-state index in [4.69, 9.17) is 10.2 Å². The second-order valence-electron chi connectivity index (χ2n) is 0.797. The molecule has 48 valence electrons. The summed E-state index contributed by atoms with van der Waals surface area (Å²) in [5.74, 6) is -0.0162. The Balaban J connectivity index is 3.06. The maximum atomic E-state index is 8.24. The maximum Gasteiger partial charge on any atom is 0.108 e. The first-order valence-electron chi connectivity index (χ1n) is 1.82. The molecule has 0 aliphatic carbocycles. The largest absolute Gasteiger partial charge is 0.385 e. The zero-order chi connectivity index (χ0) is 6.41. The Hall–Kier alpha value is 0.710. The van der Waals surface area contributed by atoms with Gasteiger partial charge in [-0.1, -0.05) is 35.7 Å². The van der Waals surface area contributed by atoms with Crippen molar-refractivity contribution < 1.29 is 10.2 Å². The average Bonchev–Trinajstić information content (AvgIpc) is 1.68. The molecule has 0 saturated carbocycles. The molecule has 0 rings (SSSR count). The number of thiocarbonyl (C=S) groups is 1. The molecule has 0 aromatic heterocycles. The van der Waals surface area contributed by atoms with Gasteiger partial charge in [-0.25, -0.2) is 0 Å². The Bertz CT molecular complexity index is 66.9. The third kappa shape index (κ3) is 4.86. The second kappa shape index (κ2) is 5.84. The van der Waals surface area contributed by atoms with Crippen LogP contribution >= 0.6 is 35.7 Å². The summed E-state index contributed by atoms with van der Waals surface area (Å²) in [6.07, 6.45) is 0. The van der Waals surface area contributed by atoms with Crippen molar-refractivity contribution in [1.82, 2.24) is 0 Å². The van der Waals surface area contributed by atoms with Gasteiger partial charge in [-0.05, 0) is 0 Å². The summed E-state index contributed by atoms with van der Waals surface area (Å²) in [7, 11) is 0. The number of aliphatic hydroxyl groups excluding tert-OH is 2. The first-order chi connectivity index (χ1) is 3.81. The van der Waals surface area contributed by atoms with Gasteiger partial charge in [0, 0.05) is 0 Å². The van der Waals surface area contributed by atoms with Crippen molar-refractivity contribution in [2.45, 2.75) is 0 Å². The van der Waals surface area contributed by atoms with Crippen LogP contribution in [0, 0.1) is 0 Å². The molecule has 5 heteroatoms. The monoisotopic (exact) mass is 170 g/mol. The number of rotatable bonds is 2. The van der Waals surface area contributed by atoms with Gasteiger partial charge < -0.3 is 10.2 Å². The number of hydrogen-bond donors (Lipinski definition) is 2. The van der Waals surface area contributed by atoms with Gasteiger partial charge in [0.2, 0.25) is 0 Å². The van der Waals surface area contributed by atoms with Gasteiger partial charge in [0.15, 0.2) is 0 Å². The van der Waals surface area contributed by atoms with Crippen molar-refractivity contribution in [3.8, 4) is 0 Å². The molecule has 0 saturated heterocycles. The fourth-order valence-corrected chi connectivity index (χ4v) is 1.32. The molecule has 0 bridgehead atoms. The highest BCUT2D eigenvalue weighted by atomic mass is 32.2. The summed E-state index contributed by atoms with van der Waals surface area (Å²) in [6.45, 7) is 0. The molecule has 0 unspecified atom stereocenters. The van der Waals surface area contributed by atoms with E-state index in [0.29, 0.717) is 3.53 Å². The average molecular weight is 170 g/mol. The standard InChI is InChI=1S/C3H6O2S3/c4-1-7-3(6)8-2-5/h4-5H,1-2H2. The van der Waals surface area contributed by atoms with Crippen LogP contribution in [0.1, 0.15) is 0 Å². The van der Waals surface area contributed by atoms with Crippen molar-refractivity contribution in [2.75, 3.05) is 11.9 Å². The fourth-order valence-electron chi connectivity index (χ4n) is 0.147. The SMILES string of the molecule is OCSC(=S)SCO. The van der Waals surface area contributed by atoms with Gasteiger partial charge >= 0.3 is 0 Å². The molecule has 0 heterocycles. The second-order valence-corrected chi connectivity index (χ2v) is 3.89. The molecule has 0 atom stereocenters. The van der Waals surface area contributed by atoms with Crippen molar-refractivity contribution >= 4 is 39.3 Å². The molecule has 2 nitrogen and oxygen atoms in total. The summed E-state index contributed by atoms with van der Waals surface area (Å²) in [5, 5.41) is 16.5. The van der Waals surface area contributed by atoms with Gasteiger partial charge in [-0.15, -0.1) is 0 Å². The van der Waals surface area contributed by atoms with Crippen molar-refractivity contribution in [3.05, 3.63) is 0 Å². The van der Waals surface area contributed by atoms with Crippen LogP contribution in [0.3, 0.4) is 0 Å². The molecule has 0 amide bonds. The first kappa shape index (κ1) is 8.71. The molecule has 8 heavy (non-hydrogen) atoms. The highest BCUT2D eigenvalue weighted by molar-refractivity contribution is 8.47. The van der Waals surface area contributed by atoms with Crippen LogP contribution in [0.5, 0.6) is 0 Å². The zero-order valence-corrected chi connectivity index (χ0v) is 6.48. The Morgan fingerprint density at radius 2 is 1.62 bits per heavy atom. The van der Waals surface area contributed by atoms with Gasteiger partial charge in [-0.2, -0.15) is 0 Å². The lowest BCUT2D eigenvalue weighted by Crippen LogP contribution is -1.84. The van der Waals surface area contributed by atoms with E-state index in [0.717, 1.165) is 23.5 Å². The summed E-state index contributed by atoms with van der Waals surface area (Å²) in [6, 6.07) is 0. The van der Waals surface area contributed by atoms with Crippen LogP contribution < -0.4 is 0 Å². The van der Waals surface area contributed by atoms with Gasteiger partial charge in [-0.3, -0.25) is 0 Å². The number of aliphatic hydroxyl groups is 2. The normalized spacial score (nSPS) is 9.25. The Labute approximate surface area is 61.7 Å². The smallest absolute Gasteiger partial charge is 0.108 e. The van der Waals surface area contributed by atoms with E-state index in [1.54, 1.807) is 0 Å². The minimum Gasteiger partial charge on any atom is -0.385 e. The summed E-state index contributed by atoms with van der Waals surface area (Å²) >= 11 is 6.95. The molecule has 0 spiro atoms. The lowest BCUT2D eigenvalue weighted by molar-refractivity contribution is 0.376. The lowest BCUT2D eigenvalue weighted by atomic mass is 11.7. The molecule has 0 aromatic carbocycles. The van der Waals surface area contributed by atoms with Crippen LogP contribution in [0.25, 0.3) is 0 Å². The fraction of sp³-hybridized carbons (Fsp3) is 0.667. The Morgan fingerprint density at radius 1 is 1.25 bits per heavy atom. The van der Waals surface area contributed by atoms with Crippen molar-refractivity contribution in [2.24, 2.45) is 0 Å². The Morgan fingerprint density at radius 3 is 1.88 bits per heavy atom. The lowest BCUT2D eigenvalue weighted by Gasteiger charge is -1.93. The Kier molecular flexibility index (Phi) is 6.36.